The second-order valence-corrected chi connectivity index (χ2v) is 24.6. The second-order valence-electron chi connectivity index (χ2n) is 16.0. The van der Waals surface area contributed by atoms with Crippen LogP contribution in [0.1, 0.15) is 47.1 Å². The van der Waals surface area contributed by atoms with Crippen LogP contribution in [-0.4, -0.2) is 60.0 Å². The molecule has 6 rings (SSSR count). The molecule has 6 heteroatoms. The number of benzene rings is 5. The van der Waals surface area contributed by atoms with Crippen LogP contribution in [-0.2, 0) is 20.1 Å². The van der Waals surface area contributed by atoms with Crippen LogP contribution >= 0.6 is 0 Å². The fraction of sp³-hybridized carbons (Fsp3) is 0.333. The van der Waals surface area contributed by atoms with E-state index < -0.39 is 16.6 Å². The first-order valence-corrected chi connectivity index (χ1v) is 22.3. The summed E-state index contributed by atoms with van der Waals surface area (Å²) in [6.45, 7) is 17.2. The van der Waals surface area contributed by atoms with Gasteiger partial charge < -0.3 is 13.6 Å². The predicted molar refractivity (Wildman–Crippen MR) is 218 cm³/mol. The van der Waals surface area contributed by atoms with Crippen LogP contribution in [0.3, 0.4) is 0 Å². The number of ether oxygens (including phenoxy) is 1. The Morgan fingerprint density at radius 3 is 1.08 bits per heavy atom. The fourth-order valence-corrected chi connectivity index (χ4v) is 17.3. The zero-order valence-corrected chi connectivity index (χ0v) is 33.3. The third kappa shape index (κ3) is 7.77. The number of hydrogen-bond acceptors (Lipinski definition) is 4. The Balaban J connectivity index is 1.37. The molecule has 5 aromatic carbocycles. The minimum atomic E-state index is -2.75. The molecule has 0 unspecified atom stereocenters. The van der Waals surface area contributed by atoms with Gasteiger partial charge in [0, 0.05) is 6.54 Å². The Kier molecular flexibility index (Phi) is 11.6. The maximum absolute atomic E-state index is 7.55. The average Bonchev–Trinajstić information content (AvgIpc) is 3.14. The first-order valence-electron chi connectivity index (χ1n) is 18.4. The highest BCUT2D eigenvalue weighted by Gasteiger charge is 2.52. The van der Waals surface area contributed by atoms with Gasteiger partial charge in [0.15, 0.2) is 0 Å². The van der Waals surface area contributed by atoms with Crippen molar-refractivity contribution in [2.24, 2.45) is 0 Å². The van der Waals surface area contributed by atoms with Crippen molar-refractivity contribution in [1.29, 1.82) is 0 Å². The summed E-state index contributed by atoms with van der Waals surface area (Å²) < 4.78 is 21.6. The second kappa shape index (κ2) is 15.9. The molecule has 1 heterocycles. The highest BCUT2D eigenvalue weighted by Crippen LogP contribution is 2.39. The lowest BCUT2D eigenvalue weighted by Crippen LogP contribution is -2.69. The summed E-state index contributed by atoms with van der Waals surface area (Å²) in [7, 11) is -5.49. The molecule has 0 aliphatic carbocycles. The molecule has 1 fully saturated rings. The first-order chi connectivity index (χ1) is 24.6. The summed E-state index contributed by atoms with van der Waals surface area (Å²) in [5.74, 6) is 0. The zero-order valence-electron chi connectivity index (χ0n) is 31.3. The molecule has 0 amide bonds. The van der Waals surface area contributed by atoms with Crippen molar-refractivity contribution in [2.45, 2.75) is 70.2 Å². The summed E-state index contributed by atoms with van der Waals surface area (Å²) in [6, 6.07) is 54.7. The van der Waals surface area contributed by atoms with Crippen LogP contribution in [0.2, 0.25) is 10.1 Å². The van der Waals surface area contributed by atoms with Crippen LogP contribution in [0.15, 0.2) is 152 Å². The highest BCUT2D eigenvalue weighted by molar-refractivity contribution is 7.00. The van der Waals surface area contributed by atoms with Crippen molar-refractivity contribution in [3.8, 4) is 0 Å². The zero-order chi connectivity index (χ0) is 36.0. The molecule has 1 aliphatic heterocycles. The third-order valence-electron chi connectivity index (χ3n) is 10.6. The molecule has 0 aromatic heterocycles. The van der Waals surface area contributed by atoms with Crippen molar-refractivity contribution in [2.75, 3.05) is 26.4 Å². The van der Waals surface area contributed by atoms with Crippen molar-refractivity contribution >= 4 is 37.4 Å². The predicted octanol–water partition coefficient (Wildman–Crippen LogP) is 7.41. The van der Waals surface area contributed by atoms with Crippen molar-refractivity contribution < 1.29 is 13.6 Å². The van der Waals surface area contributed by atoms with Gasteiger partial charge in [-0.05, 0) is 36.4 Å². The Hall–Kier alpha value is -3.63. The topological polar surface area (TPSA) is 30.9 Å². The van der Waals surface area contributed by atoms with E-state index in [1.165, 1.54) is 26.3 Å². The number of rotatable bonds is 12. The maximum atomic E-state index is 7.55. The summed E-state index contributed by atoms with van der Waals surface area (Å²) in [5, 5.41) is 4.95. The number of morpholine rings is 1. The molecule has 5 aromatic rings. The molecule has 4 nitrogen and oxygen atoms in total. The van der Waals surface area contributed by atoms with Crippen LogP contribution in [0, 0.1) is 0 Å². The molecular formula is C45H55NO3Si2. The first kappa shape index (κ1) is 37.1. The molecule has 0 bridgehead atoms. The SMILES string of the molecule is CC(C)(C)[Si](OC[C@@H]1COC[C@@H](CO[Si](c2ccccc2)(c2ccccc2)C(C)(C)C)N1Cc1ccccc1)(c1ccccc1)c1ccccc1. The Morgan fingerprint density at radius 1 is 0.490 bits per heavy atom. The van der Waals surface area contributed by atoms with E-state index in [2.05, 4.69) is 198 Å². The number of hydrogen-bond donors (Lipinski definition) is 0. The van der Waals surface area contributed by atoms with Crippen LogP contribution in [0.4, 0.5) is 0 Å². The highest BCUT2D eigenvalue weighted by atomic mass is 28.4. The van der Waals surface area contributed by atoms with Crippen LogP contribution in [0.25, 0.3) is 0 Å². The Bertz CT molecular complexity index is 1580. The summed E-state index contributed by atoms with van der Waals surface area (Å²) in [5.41, 5.74) is 1.28. The molecule has 0 N–H and O–H groups in total. The van der Waals surface area contributed by atoms with Gasteiger partial charge in [0.05, 0.1) is 38.5 Å². The van der Waals surface area contributed by atoms with Crippen molar-refractivity contribution in [3.05, 3.63) is 157 Å². The summed E-state index contributed by atoms with van der Waals surface area (Å²) in [4.78, 5) is 2.62. The fourth-order valence-electron chi connectivity index (χ4n) is 8.14. The van der Waals surface area contributed by atoms with Gasteiger partial charge in [-0.1, -0.05) is 193 Å². The third-order valence-corrected chi connectivity index (χ3v) is 20.6. The Morgan fingerprint density at radius 2 is 0.784 bits per heavy atom. The lowest BCUT2D eigenvalue weighted by molar-refractivity contribution is -0.0792. The van der Waals surface area contributed by atoms with Gasteiger partial charge in [-0.15, -0.1) is 0 Å². The molecule has 0 radical (unpaired) electrons. The lowest BCUT2D eigenvalue weighted by Gasteiger charge is -2.48. The lowest BCUT2D eigenvalue weighted by atomic mass is 10.1. The largest absolute Gasteiger partial charge is 0.406 e. The van der Waals surface area contributed by atoms with Crippen molar-refractivity contribution in [3.63, 3.8) is 0 Å². The van der Waals surface area contributed by atoms with Gasteiger partial charge in [0.2, 0.25) is 0 Å². The molecule has 51 heavy (non-hydrogen) atoms. The van der Waals surface area contributed by atoms with Gasteiger partial charge >= 0.3 is 0 Å². The van der Waals surface area contributed by atoms with Gasteiger partial charge in [-0.2, -0.15) is 0 Å². The maximum Gasteiger partial charge on any atom is 0.261 e. The minimum Gasteiger partial charge on any atom is -0.406 e. The van der Waals surface area contributed by atoms with E-state index in [4.69, 9.17) is 13.6 Å². The van der Waals surface area contributed by atoms with E-state index in [1.807, 2.05) is 0 Å². The minimum absolute atomic E-state index is 0.0494. The molecule has 1 aliphatic rings. The van der Waals surface area contributed by atoms with E-state index in [9.17, 15) is 0 Å². The van der Waals surface area contributed by atoms with Gasteiger partial charge in [0.1, 0.15) is 0 Å². The Labute approximate surface area is 308 Å². The van der Waals surface area contributed by atoms with Gasteiger partial charge in [0.25, 0.3) is 16.6 Å². The monoisotopic (exact) mass is 713 g/mol. The molecule has 2 atom stereocenters. The standard InChI is InChI=1S/C45H55NO3Si2/c1-44(2,3)50(40-24-14-8-15-25-40,41-26-16-9-17-27-41)48-35-38-33-47-34-39(46(38)32-37-22-12-7-13-23-37)36-49-51(45(4,5)6,42-28-18-10-19-29-42)43-30-20-11-21-31-43/h7-31,38-39H,32-36H2,1-6H3/t38-,39-/m0/s1. The van der Waals surface area contributed by atoms with Gasteiger partial charge in [-0.3, -0.25) is 4.90 Å². The van der Waals surface area contributed by atoms with Gasteiger partial charge in [-0.25, -0.2) is 0 Å². The summed E-state index contributed by atoms with van der Waals surface area (Å²) in [6.07, 6.45) is 0. The molecule has 0 spiro atoms. The average molecular weight is 714 g/mol. The molecular weight excluding hydrogens is 659 g/mol. The normalized spacial score (nSPS) is 17.7. The van der Waals surface area contributed by atoms with E-state index in [1.54, 1.807) is 0 Å². The van der Waals surface area contributed by atoms with E-state index >= 15 is 0 Å². The summed E-state index contributed by atoms with van der Waals surface area (Å²) >= 11 is 0. The molecule has 0 saturated carbocycles. The van der Waals surface area contributed by atoms with Crippen LogP contribution in [0.5, 0.6) is 0 Å². The molecule has 1 saturated heterocycles. The van der Waals surface area contributed by atoms with Crippen LogP contribution < -0.4 is 20.7 Å². The van der Waals surface area contributed by atoms with E-state index in [-0.39, 0.29) is 22.2 Å². The quantitative estimate of drug-likeness (QED) is 0.126. The van der Waals surface area contributed by atoms with E-state index in [0.29, 0.717) is 26.4 Å². The number of nitrogens with zero attached hydrogens (tertiary/aromatic N) is 1. The molecule has 266 valence electrons. The smallest absolute Gasteiger partial charge is 0.261 e. The van der Waals surface area contributed by atoms with E-state index in [0.717, 1.165) is 6.54 Å². The van der Waals surface area contributed by atoms with Crippen molar-refractivity contribution in [1.82, 2.24) is 4.90 Å².